The van der Waals surface area contributed by atoms with Crippen molar-refractivity contribution in [3.63, 3.8) is 0 Å². The van der Waals surface area contributed by atoms with E-state index in [1.807, 2.05) is 30.3 Å². The van der Waals surface area contributed by atoms with E-state index in [2.05, 4.69) is 27.3 Å². The molecular formula is C17H23N5O. The molecule has 0 spiro atoms. The van der Waals surface area contributed by atoms with Gasteiger partial charge in [-0.2, -0.15) is 9.90 Å². The number of carbonyl (C=O) groups is 1. The number of amides is 1. The SMILES string of the molecule is CCCN1CCC(NC(=O)c2cnn(-c3ccccc3)n2)CC1. The Morgan fingerprint density at radius 3 is 2.70 bits per heavy atom. The van der Waals surface area contributed by atoms with Crippen LogP contribution in [0.5, 0.6) is 0 Å². The van der Waals surface area contributed by atoms with Crippen LogP contribution >= 0.6 is 0 Å². The van der Waals surface area contributed by atoms with Crippen LogP contribution in [0.1, 0.15) is 36.7 Å². The summed E-state index contributed by atoms with van der Waals surface area (Å²) in [7, 11) is 0. The van der Waals surface area contributed by atoms with E-state index in [0.717, 1.165) is 38.2 Å². The number of nitrogens with one attached hydrogen (secondary N) is 1. The Labute approximate surface area is 136 Å². The van der Waals surface area contributed by atoms with E-state index in [1.54, 1.807) is 0 Å². The van der Waals surface area contributed by atoms with Gasteiger partial charge in [-0.15, -0.1) is 5.10 Å². The highest BCUT2D eigenvalue weighted by Crippen LogP contribution is 2.11. The van der Waals surface area contributed by atoms with E-state index in [0.29, 0.717) is 5.69 Å². The number of nitrogens with zero attached hydrogens (tertiary/aromatic N) is 4. The zero-order valence-electron chi connectivity index (χ0n) is 13.5. The monoisotopic (exact) mass is 313 g/mol. The summed E-state index contributed by atoms with van der Waals surface area (Å²) in [4.78, 5) is 16.3. The summed E-state index contributed by atoms with van der Waals surface area (Å²) in [6.45, 7) is 5.45. The molecule has 1 amide bonds. The minimum absolute atomic E-state index is 0.138. The van der Waals surface area contributed by atoms with E-state index in [4.69, 9.17) is 0 Å². The summed E-state index contributed by atoms with van der Waals surface area (Å²) in [5.41, 5.74) is 1.21. The second-order valence-corrected chi connectivity index (χ2v) is 5.94. The zero-order valence-corrected chi connectivity index (χ0v) is 13.5. The van der Waals surface area contributed by atoms with Crippen LogP contribution in [0, 0.1) is 0 Å². The van der Waals surface area contributed by atoms with Crippen LogP contribution in [0.15, 0.2) is 36.5 Å². The highest BCUT2D eigenvalue weighted by Gasteiger charge is 2.21. The molecular weight excluding hydrogens is 290 g/mol. The van der Waals surface area contributed by atoms with Gasteiger partial charge in [-0.1, -0.05) is 25.1 Å². The van der Waals surface area contributed by atoms with E-state index < -0.39 is 0 Å². The summed E-state index contributed by atoms with van der Waals surface area (Å²) in [5, 5.41) is 11.5. The van der Waals surface area contributed by atoms with Crippen molar-refractivity contribution in [2.24, 2.45) is 0 Å². The van der Waals surface area contributed by atoms with E-state index in [-0.39, 0.29) is 11.9 Å². The molecule has 2 heterocycles. The van der Waals surface area contributed by atoms with Crippen molar-refractivity contribution >= 4 is 5.91 Å². The van der Waals surface area contributed by atoms with Crippen molar-refractivity contribution in [1.29, 1.82) is 0 Å². The lowest BCUT2D eigenvalue weighted by atomic mass is 10.0. The average Bonchev–Trinajstić information content (AvgIpc) is 3.08. The fourth-order valence-corrected chi connectivity index (χ4v) is 2.93. The standard InChI is InChI=1S/C17H23N5O/c1-2-10-21-11-8-14(9-12-21)19-17(23)16-13-18-22(20-16)15-6-4-3-5-7-15/h3-7,13-14H,2,8-12H2,1H3,(H,19,23). The number of rotatable bonds is 5. The van der Waals surface area contributed by atoms with Gasteiger partial charge in [0, 0.05) is 19.1 Å². The van der Waals surface area contributed by atoms with Crippen LogP contribution in [-0.2, 0) is 0 Å². The highest BCUT2D eigenvalue weighted by atomic mass is 16.2. The number of aromatic nitrogens is 3. The van der Waals surface area contributed by atoms with Gasteiger partial charge in [0.2, 0.25) is 0 Å². The topological polar surface area (TPSA) is 63.1 Å². The molecule has 6 nitrogen and oxygen atoms in total. The Bertz CT molecular complexity index is 631. The molecule has 1 fully saturated rings. The van der Waals surface area contributed by atoms with Crippen LogP contribution in [0.25, 0.3) is 5.69 Å². The molecule has 1 aliphatic heterocycles. The first-order valence-electron chi connectivity index (χ1n) is 8.27. The second-order valence-electron chi connectivity index (χ2n) is 5.94. The normalized spacial score (nSPS) is 16.4. The lowest BCUT2D eigenvalue weighted by Gasteiger charge is -2.31. The Balaban J connectivity index is 1.56. The molecule has 1 aromatic carbocycles. The summed E-state index contributed by atoms with van der Waals surface area (Å²) in [6.07, 6.45) is 4.70. The molecule has 0 atom stereocenters. The minimum atomic E-state index is -0.138. The molecule has 1 saturated heterocycles. The van der Waals surface area contributed by atoms with Crippen molar-refractivity contribution in [3.8, 4) is 5.69 Å². The van der Waals surface area contributed by atoms with Gasteiger partial charge < -0.3 is 10.2 Å². The van der Waals surface area contributed by atoms with Crippen molar-refractivity contribution in [2.75, 3.05) is 19.6 Å². The van der Waals surface area contributed by atoms with Gasteiger partial charge in [0.25, 0.3) is 5.91 Å². The van der Waals surface area contributed by atoms with E-state index in [1.165, 1.54) is 17.4 Å². The van der Waals surface area contributed by atoms with Crippen molar-refractivity contribution in [1.82, 2.24) is 25.2 Å². The summed E-state index contributed by atoms with van der Waals surface area (Å²) < 4.78 is 0. The zero-order chi connectivity index (χ0) is 16.1. The summed E-state index contributed by atoms with van der Waals surface area (Å²) >= 11 is 0. The third kappa shape index (κ3) is 3.96. The van der Waals surface area contributed by atoms with Crippen LogP contribution in [0.3, 0.4) is 0 Å². The Morgan fingerprint density at radius 2 is 2.00 bits per heavy atom. The number of piperidine rings is 1. The maximum Gasteiger partial charge on any atom is 0.273 e. The first-order chi connectivity index (χ1) is 11.3. The van der Waals surface area contributed by atoms with Gasteiger partial charge in [-0.05, 0) is 37.9 Å². The molecule has 0 bridgehead atoms. The highest BCUT2D eigenvalue weighted by molar-refractivity contribution is 5.92. The number of benzene rings is 1. The predicted molar refractivity (Wildman–Crippen MR) is 88.6 cm³/mol. The summed E-state index contributed by atoms with van der Waals surface area (Å²) in [5.74, 6) is -0.138. The molecule has 2 aromatic rings. The molecule has 1 N–H and O–H groups in total. The van der Waals surface area contributed by atoms with Gasteiger partial charge >= 0.3 is 0 Å². The lowest BCUT2D eigenvalue weighted by Crippen LogP contribution is -2.44. The van der Waals surface area contributed by atoms with Crippen molar-refractivity contribution in [3.05, 3.63) is 42.2 Å². The molecule has 23 heavy (non-hydrogen) atoms. The quantitative estimate of drug-likeness (QED) is 0.915. The second kappa shape index (κ2) is 7.37. The van der Waals surface area contributed by atoms with Gasteiger partial charge in [0.05, 0.1) is 11.9 Å². The minimum Gasteiger partial charge on any atom is -0.348 e. The van der Waals surface area contributed by atoms with E-state index in [9.17, 15) is 4.79 Å². The number of carbonyl (C=O) groups excluding carboxylic acids is 1. The van der Waals surface area contributed by atoms with E-state index >= 15 is 0 Å². The first-order valence-corrected chi connectivity index (χ1v) is 8.27. The fraction of sp³-hybridized carbons (Fsp3) is 0.471. The summed E-state index contributed by atoms with van der Waals surface area (Å²) in [6, 6.07) is 9.82. The van der Waals surface area contributed by atoms with Gasteiger partial charge in [-0.3, -0.25) is 4.79 Å². The first kappa shape index (κ1) is 15.7. The molecule has 0 saturated carbocycles. The smallest absolute Gasteiger partial charge is 0.273 e. The van der Waals surface area contributed by atoms with Crippen LogP contribution in [0.2, 0.25) is 0 Å². The molecule has 1 aromatic heterocycles. The van der Waals surface area contributed by atoms with Crippen molar-refractivity contribution in [2.45, 2.75) is 32.2 Å². The van der Waals surface area contributed by atoms with Gasteiger partial charge in [0.1, 0.15) is 0 Å². The number of hydrogen-bond donors (Lipinski definition) is 1. The Kier molecular flexibility index (Phi) is 5.02. The van der Waals surface area contributed by atoms with Crippen molar-refractivity contribution < 1.29 is 4.79 Å². The molecule has 3 rings (SSSR count). The largest absolute Gasteiger partial charge is 0.348 e. The molecule has 1 aliphatic rings. The maximum atomic E-state index is 12.3. The van der Waals surface area contributed by atoms with Gasteiger partial charge in [0.15, 0.2) is 5.69 Å². The van der Waals surface area contributed by atoms with Gasteiger partial charge in [-0.25, -0.2) is 0 Å². The number of likely N-dealkylation sites (tertiary alicyclic amines) is 1. The predicted octanol–water partition coefficient (Wildman–Crippen LogP) is 1.87. The van der Waals surface area contributed by atoms with Crippen LogP contribution in [-0.4, -0.2) is 51.5 Å². The number of hydrogen-bond acceptors (Lipinski definition) is 4. The molecule has 6 heteroatoms. The molecule has 122 valence electrons. The fourth-order valence-electron chi connectivity index (χ4n) is 2.93. The Hall–Kier alpha value is -2.21. The Morgan fingerprint density at radius 1 is 1.26 bits per heavy atom. The third-order valence-corrected chi connectivity index (χ3v) is 4.17. The number of para-hydroxylation sites is 1. The third-order valence-electron chi connectivity index (χ3n) is 4.17. The van der Waals surface area contributed by atoms with Crippen LogP contribution < -0.4 is 5.32 Å². The lowest BCUT2D eigenvalue weighted by molar-refractivity contribution is 0.0905. The maximum absolute atomic E-state index is 12.3. The molecule has 0 unspecified atom stereocenters. The molecule has 0 aliphatic carbocycles. The van der Waals surface area contributed by atoms with Crippen LogP contribution in [0.4, 0.5) is 0 Å². The molecule has 0 radical (unpaired) electrons. The average molecular weight is 313 g/mol.